The summed E-state index contributed by atoms with van der Waals surface area (Å²) in [5, 5.41) is 6.70. The first kappa shape index (κ1) is 24.1. The summed E-state index contributed by atoms with van der Waals surface area (Å²) < 4.78 is 5.59. The van der Waals surface area contributed by atoms with Crippen LogP contribution in [0.2, 0.25) is 0 Å². The van der Waals surface area contributed by atoms with Crippen LogP contribution < -0.4 is 20.3 Å². The molecule has 31 heavy (non-hydrogen) atoms. The smallest absolute Gasteiger partial charge is 0.259 e. The van der Waals surface area contributed by atoms with Crippen LogP contribution in [0.1, 0.15) is 18.1 Å². The average Bonchev–Trinajstić information content (AvgIpc) is 2.77. The van der Waals surface area contributed by atoms with Crippen LogP contribution in [0.25, 0.3) is 0 Å². The number of nitrogens with zero attached hydrogens (tertiary/aromatic N) is 3. The second kappa shape index (κ2) is 12.5. The highest BCUT2D eigenvalue weighted by atomic mass is 16.5. The van der Waals surface area contributed by atoms with E-state index >= 15 is 0 Å². The van der Waals surface area contributed by atoms with E-state index in [4.69, 9.17) is 4.74 Å². The lowest BCUT2D eigenvalue weighted by Crippen LogP contribution is -2.41. The number of benzene rings is 2. The average molecular weight is 426 g/mol. The van der Waals surface area contributed by atoms with Gasteiger partial charge >= 0.3 is 0 Å². The zero-order valence-electron chi connectivity index (χ0n) is 19.3. The Morgan fingerprint density at radius 1 is 1.10 bits per heavy atom. The number of aryl methyl sites for hydroxylation is 1. The number of amides is 1. The molecule has 0 saturated heterocycles. The van der Waals surface area contributed by atoms with E-state index in [9.17, 15) is 4.79 Å². The van der Waals surface area contributed by atoms with Crippen molar-refractivity contribution in [3.05, 3.63) is 59.7 Å². The maximum Gasteiger partial charge on any atom is 0.259 e. The van der Waals surface area contributed by atoms with Crippen molar-refractivity contribution in [3.63, 3.8) is 0 Å². The first-order valence-electron chi connectivity index (χ1n) is 10.6. The zero-order valence-corrected chi connectivity index (χ0v) is 19.3. The number of hydrogen-bond donors (Lipinski definition) is 2. The molecule has 0 radical (unpaired) electrons. The molecular formula is C24H35N5O2. The van der Waals surface area contributed by atoms with E-state index < -0.39 is 0 Å². The molecule has 0 bridgehead atoms. The van der Waals surface area contributed by atoms with Gasteiger partial charge in [0, 0.05) is 53.0 Å². The molecule has 0 unspecified atom stereocenters. The van der Waals surface area contributed by atoms with E-state index in [0.717, 1.165) is 31.2 Å². The largest absolute Gasteiger partial charge is 0.484 e. The number of hydrogen-bond acceptors (Lipinski definition) is 4. The third-order valence-electron chi connectivity index (χ3n) is 4.87. The molecule has 2 rings (SSSR count). The summed E-state index contributed by atoms with van der Waals surface area (Å²) in [6.07, 6.45) is 0. The standard InChI is InChI=1S/C24H35N5O2/c1-6-29(21-11-7-9-19(2)15-21)14-13-26-24(25-3)27-17-20-10-8-12-22(16-20)31-18-23(30)28(4)5/h7-12,15-16H,6,13-14,17-18H2,1-5H3,(H2,25,26,27). The number of nitrogens with one attached hydrogen (secondary N) is 2. The number of anilines is 1. The Balaban J connectivity index is 1.81. The van der Waals surface area contributed by atoms with Crippen molar-refractivity contribution >= 4 is 17.6 Å². The molecule has 0 atom stereocenters. The van der Waals surface area contributed by atoms with Crippen LogP contribution in [0.15, 0.2) is 53.5 Å². The first-order chi connectivity index (χ1) is 14.9. The van der Waals surface area contributed by atoms with Crippen molar-refractivity contribution in [2.45, 2.75) is 20.4 Å². The summed E-state index contributed by atoms with van der Waals surface area (Å²) in [7, 11) is 5.19. The first-order valence-corrected chi connectivity index (χ1v) is 10.6. The number of rotatable bonds is 10. The second-order valence-corrected chi connectivity index (χ2v) is 7.50. The molecule has 0 aliphatic carbocycles. The van der Waals surface area contributed by atoms with E-state index in [0.29, 0.717) is 12.3 Å². The van der Waals surface area contributed by atoms with Gasteiger partial charge in [0.1, 0.15) is 5.75 Å². The number of carbonyl (C=O) groups is 1. The van der Waals surface area contributed by atoms with Crippen molar-refractivity contribution < 1.29 is 9.53 Å². The predicted molar refractivity (Wildman–Crippen MR) is 128 cm³/mol. The van der Waals surface area contributed by atoms with Gasteiger partial charge < -0.3 is 25.2 Å². The number of ether oxygens (including phenoxy) is 1. The SMILES string of the molecule is CCN(CCNC(=NC)NCc1cccc(OCC(=O)N(C)C)c1)c1cccc(C)c1. The van der Waals surface area contributed by atoms with Crippen LogP contribution in [-0.2, 0) is 11.3 Å². The van der Waals surface area contributed by atoms with Gasteiger partial charge in [0.15, 0.2) is 12.6 Å². The summed E-state index contributed by atoms with van der Waals surface area (Å²) in [5.41, 5.74) is 3.54. The van der Waals surface area contributed by atoms with Gasteiger partial charge in [-0.05, 0) is 49.2 Å². The Bertz CT molecular complexity index is 867. The summed E-state index contributed by atoms with van der Waals surface area (Å²) in [6.45, 7) is 7.51. The van der Waals surface area contributed by atoms with Crippen LogP contribution in [0, 0.1) is 6.92 Å². The summed E-state index contributed by atoms with van der Waals surface area (Å²) >= 11 is 0. The lowest BCUT2D eigenvalue weighted by Gasteiger charge is -2.24. The van der Waals surface area contributed by atoms with Gasteiger partial charge in [-0.15, -0.1) is 0 Å². The molecule has 0 aromatic heterocycles. The predicted octanol–water partition coefficient (Wildman–Crippen LogP) is 2.65. The Labute approximate surface area is 186 Å². The van der Waals surface area contributed by atoms with Gasteiger partial charge in [-0.3, -0.25) is 9.79 Å². The Morgan fingerprint density at radius 2 is 1.87 bits per heavy atom. The molecule has 0 fully saturated rings. The molecule has 168 valence electrons. The maximum absolute atomic E-state index is 11.7. The number of likely N-dealkylation sites (N-methyl/N-ethyl adjacent to an activating group) is 2. The molecular weight excluding hydrogens is 390 g/mol. The van der Waals surface area contributed by atoms with Crippen LogP contribution in [0.4, 0.5) is 5.69 Å². The molecule has 0 heterocycles. The van der Waals surface area contributed by atoms with E-state index in [1.807, 2.05) is 24.3 Å². The van der Waals surface area contributed by atoms with Crippen LogP contribution in [-0.4, -0.2) is 64.2 Å². The normalized spacial score (nSPS) is 11.1. The highest BCUT2D eigenvalue weighted by molar-refractivity contribution is 5.79. The molecule has 0 saturated carbocycles. The number of guanidine groups is 1. The van der Waals surface area contributed by atoms with Gasteiger partial charge in [0.05, 0.1) is 0 Å². The quantitative estimate of drug-likeness (QED) is 0.452. The van der Waals surface area contributed by atoms with Gasteiger partial charge in [-0.25, -0.2) is 0 Å². The highest BCUT2D eigenvalue weighted by Crippen LogP contribution is 2.15. The number of carbonyl (C=O) groups excluding carboxylic acids is 1. The molecule has 0 spiro atoms. The van der Waals surface area contributed by atoms with Gasteiger partial charge in [-0.2, -0.15) is 0 Å². The second-order valence-electron chi connectivity index (χ2n) is 7.50. The molecule has 2 N–H and O–H groups in total. The molecule has 1 amide bonds. The lowest BCUT2D eigenvalue weighted by atomic mass is 10.2. The summed E-state index contributed by atoms with van der Waals surface area (Å²) in [5.74, 6) is 1.35. The van der Waals surface area contributed by atoms with E-state index in [1.165, 1.54) is 16.2 Å². The molecule has 7 nitrogen and oxygen atoms in total. The van der Waals surface area contributed by atoms with Crippen molar-refractivity contribution in [1.29, 1.82) is 0 Å². The van der Waals surface area contributed by atoms with E-state index in [-0.39, 0.29) is 12.5 Å². The van der Waals surface area contributed by atoms with Crippen molar-refractivity contribution in [2.75, 3.05) is 52.3 Å². The van der Waals surface area contributed by atoms with E-state index in [2.05, 4.69) is 58.6 Å². The Morgan fingerprint density at radius 3 is 2.55 bits per heavy atom. The Kier molecular flexibility index (Phi) is 9.68. The Hall–Kier alpha value is -3.22. The third-order valence-corrected chi connectivity index (χ3v) is 4.87. The van der Waals surface area contributed by atoms with Crippen molar-refractivity contribution in [3.8, 4) is 5.75 Å². The van der Waals surface area contributed by atoms with Gasteiger partial charge in [0.2, 0.25) is 0 Å². The molecule has 2 aromatic rings. The molecule has 7 heteroatoms. The minimum absolute atomic E-state index is 0.0297. The summed E-state index contributed by atoms with van der Waals surface area (Å²) in [4.78, 5) is 19.9. The van der Waals surface area contributed by atoms with Gasteiger partial charge in [-0.1, -0.05) is 24.3 Å². The minimum atomic E-state index is -0.0695. The van der Waals surface area contributed by atoms with Gasteiger partial charge in [0.25, 0.3) is 5.91 Å². The monoisotopic (exact) mass is 425 g/mol. The van der Waals surface area contributed by atoms with Crippen molar-refractivity contribution in [2.24, 2.45) is 4.99 Å². The zero-order chi connectivity index (χ0) is 22.6. The molecule has 0 aliphatic heterocycles. The van der Waals surface area contributed by atoms with Crippen LogP contribution >= 0.6 is 0 Å². The minimum Gasteiger partial charge on any atom is -0.484 e. The lowest BCUT2D eigenvalue weighted by molar-refractivity contribution is -0.130. The molecule has 0 aliphatic rings. The van der Waals surface area contributed by atoms with Crippen molar-refractivity contribution in [1.82, 2.24) is 15.5 Å². The van der Waals surface area contributed by atoms with Crippen LogP contribution in [0.5, 0.6) is 5.75 Å². The number of aliphatic imine (C=N–C) groups is 1. The maximum atomic E-state index is 11.7. The third kappa shape index (κ3) is 8.20. The summed E-state index contributed by atoms with van der Waals surface area (Å²) in [6, 6.07) is 16.3. The fourth-order valence-corrected chi connectivity index (χ4v) is 3.03. The highest BCUT2D eigenvalue weighted by Gasteiger charge is 2.07. The van der Waals surface area contributed by atoms with Crippen LogP contribution in [0.3, 0.4) is 0 Å². The molecule has 2 aromatic carbocycles. The fourth-order valence-electron chi connectivity index (χ4n) is 3.03. The van der Waals surface area contributed by atoms with E-state index in [1.54, 1.807) is 21.1 Å². The fraction of sp³-hybridized carbons (Fsp3) is 0.417. The topological polar surface area (TPSA) is 69.2 Å².